The highest BCUT2D eigenvalue weighted by Crippen LogP contribution is 2.22. The van der Waals surface area contributed by atoms with Gasteiger partial charge in [0, 0.05) is 30.2 Å². The molecule has 1 N–H and O–H groups in total. The molecule has 1 aromatic heterocycles. The van der Waals surface area contributed by atoms with E-state index < -0.39 is 4.92 Å². The monoisotopic (exact) mass is 282 g/mol. The molecule has 6 heteroatoms. The van der Waals surface area contributed by atoms with E-state index >= 15 is 0 Å². The van der Waals surface area contributed by atoms with Gasteiger partial charge in [0.25, 0.3) is 5.69 Å². The Bertz CT molecular complexity index is 543. The van der Waals surface area contributed by atoms with Crippen LogP contribution in [0, 0.1) is 10.1 Å². The Morgan fingerprint density at radius 3 is 2.83 bits per heavy atom. The van der Waals surface area contributed by atoms with Gasteiger partial charge in [-0.2, -0.15) is 11.3 Å². The van der Waals surface area contributed by atoms with Gasteiger partial charge in [-0.3, -0.25) is 10.1 Å². The Morgan fingerprint density at radius 1 is 1.33 bits per heavy atom. The van der Waals surface area contributed by atoms with Crippen LogP contribution in [-0.2, 0) is 13.1 Å². The van der Waals surface area contributed by atoms with Crippen LogP contribution >= 0.6 is 22.9 Å². The number of nitro groups is 1. The molecule has 0 atom stereocenters. The Hall–Kier alpha value is -1.43. The van der Waals surface area contributed by atoms with E-state index in [4.69, 9.17) is 11.6 Å². The van der Waals surface area contributed by atoms with E-state index in [-0.39, 0.29) is 5.69 Å². The van der Waals surface area contributed by atoms with Gasteiger partial charge in [0.05, 0.1) is 4.92 Å². The van der Waals surface area contributed by atoms with Crippen molar-refractivity contribution in [3.8, 4) is 0 Å². The molecule has 94 valence electrons. The number of halogens is 1. The molecule has 4 nitrogen and oxygen atoms in total. The molecule has 1 aromatic carbocycles. The number of hydrogen-bond acceptors (Lipinski definition) is 4. The zero-order valence-corrected chi connectivity index (χ0v) is 11.0. The van der Waals surface area contributed by atoms with Crippen LogP contribution in [0.15, 0.2) is 35.0 Å². The van der Waals surface area contributed by atoms with E-state index in [1.807, 2.05) is 11.4 Å². The first-order chi connectivity index (χ1) is 8.66. The van der Waals surface area contributed by atoms with Gasteiger partial charge in [0.15, 0.2) is 0 Å². The third kappa shape index (κ3) is 3.29. The zero-order chi connectivity index (χ0) is 13.0. The van der Waals surface area contributed by atoms with Crippen molar-refractivity contribution in [3.05, 3.63) is 61.3 Å². The summed E-state index contributed by atoms with van der Waals surface area (Å²) in [6.07, 6.45) is 0. The molecule has 2 rings (SSSR count). The molecule has 2 aromatic rings. The van der Waals surface area contributed by atoms with Gasteiger partial charge < -0.3 is 5.32 Å². The van der Waals surface area contributed by atoms with Gasteiger partial charge >= 0.3 is 0 Å². The van der Waals surface area contributed by atoms with Crippen LogP contribution in [-0.4, -0.2) is 4.92 Å². The summed E-state index contributed by atoms with van der Waals surface area (Å²) in [4.78, 5) is 10.3. The third-order valence-electron chi connectivity index (χ3n) is 2.46. The van der Waals surface area contributed by atoms with Crippen LogP contribution in [0.1, 0.15) is 11.1 Å². The lowest BCUT2D eigenvalue weighted by molar-refractivity contribution is -0.384. The molecular formula is C12H11ClN2O2S. The summed E-state index contributed by atoms with van der Waals surface area (Å²) in [5.41, 5.74) is 1.99. The van der Waals surface area contributed by atoms with Crippen molar-refractivity contribution in [3.63, 3.8) is 0 Å². The molecule has 1 heterocycles. The Balaban J connectivity index is 2.00. The van der Waals surface area contributed by atoms with Gasteiger partial charge in [0.1, 0.15) is 0 Å². The summed E-state index contributed by atoms with van der Waals surface area (Å²) in [6.45, 7) is 1.24. The van der Waals surface area contributed by atoms with Crippen molar-refractivity contribution in [2.75, 3.05) is 0 Å². The Labute approximate surface area is 113 Å². The van der Waals surface area contributed by atoms with E-state index in [1.165, 1.54) is 17.7 Å². The highest BCUT2D eigenvalue weighted by Gasteiger charge is 2.09. The maximum atomic E-state index is 10.7. The standard InChI is InChI=1S/C12H11ClN2O2S/c13-12-2-1-11(15(16)17)5-10(12)7-14-6-9-3-4-18-8-9/h1-5,8,14H,6-7H2. The van der Waals surface area contributed by atoms with Crippen molar-refractivity contribution in [1.29, 1.82) is 0 Å². The molecule has 0 saturated heterocycles. The molecular weight excluding hydrogens is 272 g/mol. The summed E-state index contributed by atoms with van der Waals surface area (Å²) < 4.78 is 0. The topological polar surface area (TPSA) is 55.2 Å². The maximum Gasteiger partial charge on any atom is 0.269 e. The summed E-state index contributed by atoms with van der Waals surface area (Å²) in [7, 11) is 0. The Kier molecular flexibility index (Phi) is 4.30. The average molecular weight is 283 g/mol. The highest BCUT2D eigenvalue weighted by molar-refractivity contribution is 7.07. The predicted octanol–water partition coefficient (Wildman–Crippen LogP) is 3.60. The van der Waals surface area contributed by atoms with Crippen molar-refractivity contribution < 1.29 is 4.92 Å². The van der Waals surface area contributed by atoms with E-state index in [0.29, 0.717) is 11.6 Å². The number of non-ortho nitro benzene ring substituents is 1. The number of nitro benzene ring substituents is 1. The second-order valence-electron chi connectivity index (χ2n) is 3.77. The van der Waals surface area contributed by atoms with Crippen LogP contribution in [0.3, 0.4) is 0 Å². The summed E-state index contributed by atoms with van der Waals surface area (Å²) in [5.74, 6) is 0. The summed E-state index contributed by atoms with van der Waals surface area (Å²) in [5, 5.41) is 18.5. The predicted molar refractivity (Wildman–Crippen MR) is 73.0 cm³/mol. The lowest BCUT2D eigenvalue weighted by Gasteiger charge is -2.05. The normalized spacial score (nSPS) is 10.5. The zero-order valence-electron chi connectivity index (χ0n) is 9.43. The number of nitrogens with zero attached hydrogens (tertiary/aromatic N) is 1. The van der Waals surface area contributed by atoms with E-state index in [9.17, 15) is 10.1 Å². The fraction of sp³-hybridized carbons (Fsp3) is 0.167. The number of thiophene rings is 1. The number of hydrogen-bond donors (Lipinski definition) is 1. The van der Waals surface area contributed by atoms with Gasteiger partial charge in [-0.15, -0.1) is 0 Å². The highest BCUT2D eigenvalue weighted by atomic mass is 35.5. The number of nitrogens with one attached hydrogen (secondary N) is 1. The van der Waals surface area contributed by atoms with E-state index in [2.05, 4.69) is 10.7 Å². The molecule has 18 heavy (non-hydrogen) atoms. The molecule has 0 aliphatic heterocycles. The second-order valence-corrected chi connectivity index (χ2v) is 4.96. The molecule has 0 unspecified atom stereocenters. The smallest absolute Gasteiger partial charge is 0.269 e. The fourth-order valence-electron chi connectivity index (χ4n) is 1.54. The lowest BCUT2D eigenvalue weighted by Crippen LogP contribution is -2.12. The van der Waals surface area contributed by atoms with Crippen LogP contribution in [0.2, 0.25) is 5.02 Å². The first kappa shape index (κ1) is 13.0. The molecule has 0 aliphatic rings. The van der Waals surface area contributed by atoms with Gasteiger partial charge in [-0.25, -0.2) is 0 Å². The molecule has 0 fully saturated rings. The molecule has 0 saturated carbocycles. The van der Waals surface area contributed by atoms with E-state index in [0.717, 1.165) is 12.1 Å². The average Bonchev–Trinajstić information content (AvgIpc) is 2.84. The van der Waals surface area contributed by atoms with Crippen LogP contribution in [0.4, 0.5) is 5.69 Å². The lowest BCUT2D eigenvalue weighted by atomic mass is 10.2. The van der Waals surface area contributed by atoms with E-state index in [1.54, 1.807) is 17.4 Å². The quantitative estimate of drug-likeness (QED) is 0.673. The molecule has 0 spiro atoms. The fourth-order valence-corrected chi connectivity index (χ4v) is 2.40. The number of benzene rings is 1. The minimum Gasteiger partial charge on any atom is -0.309 e. The minimum absolute atomic E-state index is 0.0618. The largest absolute Gasteiger partial charge is 0.309 e. The maximum absolute atomic E-state index is 10.7. The van der Waals surface area contributed by atoms with Crippen LogP contribution in [0.25, 0.3) is 0 Å². The molecule has 0 amide bonds. The van der Waals surface area contributed by atoms with Gasteiger partial charge in [-0.05, 0) is 34.0 Å². The summed E-state index contributed by atoms with van der Waals surface area (Å²) >= 11 is 7.64. The second kappa shape index (κ2) is 5.95. The Morgan fingerprint density at radius 2 is 2.17 bits per heavy atom. The van der Waals surface area contributed by atoms with Gasteiger partial charge in [0.2, 0.25) is 0 Å². The first-order valence-electron chi connectivity index (χ1n) is 5.31. The van der Waals surface area contributed by atoms with Crippen LogP contribution in [0.5, 0.6) is 0 Å². The SMILES string of the molecule is O=[N+]([O-])c1ccc(Cl)c(CNCc2ccsc2)c1. The molecule has 0 aliphatic carbocycles. The van der Waals surface area contributed by atoms with Gasteiger partial charge in [-0.1, -0.05) is 11.6 Å². The molecule has 0 radical (unpaired) electrons. The third-order valence-corrected chi connectivity index (χ3v) is 3.57. The van der Waals surface area contributed by atoms with Crippen molar-refractivity contribution >= 4 is 28.6 Å². The minimum atomic E-state index is -0.418. The van der Waals surface area contributed by atoms with Crippen molar-refractivity contribution in [2.45, 2.75) is 13.1 Å². The van der Waals surface area contributed by atoms with Crippen LogP contribution < -0.4 is 5.32 Å². The molecule has 0 bridgehead atoms. The van der Waals surface area contributed by atoms with Crippen molar-refractivity contribution in [2.24, 2.45) is 0 Å². The summed E-state index contributed by atoms with van der Waals surface area (Å²) in [6, 6.07) is 6.50. The van der Waals surface area contributed by atoms with Crippen molar-refractivity contribution in [1.82, 2.24) is 5.32 Å². The first-order valence-corrected chi connectivity index (χ1v) is 6.63. The number of rotatable bonds is 5.